The van der Waals surface area contributed by atoms with E-state index in [1.165, 1.54) is 0 Å². The van der Waals surface area contributed by atoms with E-state index in [9.17, 15) is 5.11 Å². The number of benzene rings is 1. The van der Waals surface area contributed by atoms with Crippen LogP contribution in [0.5, 0.6) is 0 Å². The predicted octanol–water partition coefficient (Wildman–Crippen LogP) is 3.63. The number of nitrogens with one attached hydrogen (secondary N) is 1. The van der Waals surface area contributed by atoms with Crippen molar-refractivity contribution in [3.05, 3.63) is 50.9 Å². The van der Waals surface area contributed by atoms with E-state index in [1.807, 2.05) is 49.4 Å². The summed E-state index contributed by atoms with van der Waals surface area (Å²) in [6.45, 7) is 5.55. The summed E-state index contributed by atoms with van der Waals surface area (Å²) in [5, 5.41) is 17.2. The molecule has 1 heterocycles. The monoisotopic (exact) mass is 410 g/mol. The molecule has 0 spiro atoms. The minimum atomic E-state index is -0.755. The first-order valence-corrected chi connectivity index (χ1v) is 10.1. The number of aliphatic hydroxyl groups is 1. The lowest BCUT2D eigenvalue weighted by Crippen LogP contribution is -2.38. The molecule has 8 heteroatoms. The number of hydrogen-bond donors (Lipinski definition) is 2. The molecule has 0 aliphatic carbocycles. The van der Waals surface area contributed by atoms with Gasteiger partial charge < -0.3 is 20.1 Å². The second-order valence-corrected chi connectivity index (χ2v) is 7.44. The van der Waals surface area contributed by atoms with Crippen LogP contribution in [0.15, 0.2) is 34.6 Å². The molecular weight excluding hydrogens is 384 g/mol. The van der Waals surface area contributed by atoms with Gasteiger partial charge in [-0.25, -0.2) is 4.98 Å². The number of guanidine groups is 1. The second kappa shape index (κ2) is 10.6. The van der Waals surface area contributed by atoms with Gasteiger partial charge in [0.2, 0.25) is 0 Å². The number of methoxy groups -OCH3 is 1. The molecule has 0 saturated heterocycles. The molecule has 0 bridgehead atoms. The molecule has 0 aliphatic heterocycles. The summed E-state index contributed by atoms with van der Waals surface area (Å²) in [6, 6.07) is 7.27. The van der Waals surface area contributed by atoms with Crippen LogP contribution in [0.2, 0.25) is 5.02 Å². The summed E-state index contributed by atoms with van der Waals surface area (Å²) in [5.74, 6) is 0.706. The standard InChI is InChI=1S/C19H27ClN4O2S/c1-5-21-19(22-10-17(25)15-8-6-7-9-16(15)20)24(3)11-14-12-27-18(23-14)13(2)26-4/h6-9,12-13,17,25H,5,10-11H2,1-4H3,(H,21,22). The van der Waals surface area contributed by atoms with Gasteiger partial charge in [-0.3, -0.25) is 4.99 Å². The minimum absolute atomic E-state index is 0.0123. The molecule has 1 aromatic heterocycles. The van der Waals surface area contributed by atoms with Crippen LogP contribution in [0.3, 0.4) is 0 Å². The molecule has 1 aromatic carbocycles. The first kappa shape index (κ1) is 21.6. The van der Waals surface area contributed by atoms with Crippen molar-refractivity contribution in [3.63, 3.8) is 0 Å². The van der Waals surface area contributed by atoms with Crippen LogP contribution >= 0.6 is 22.9 Å². The highest BCUT2D eigenvalue weighted by Crippen LogP contribution is 2.23. The number of aliphatic imine (C=N–C) groups is 1. The van der Waals surface area contributed by atoms with Crippen LogP contribution in [0.4, 0.5) is 0 Å². The Hall–Kier alpha value is -1.67. The fourth-order valence-corrected chi connectivity index (χ4v) is 3.59. The van der Waals surface area contributed by atoms with Gasteiger partial charge in [-0.15, -0.1) is 11.3 Å². The molecule has 2 N–H and O–H groups in total. The Morgan fingerprint density at radius 1 is 1.44 bits per heavy atom. The van der Waals surface area contributed by atoms with Crippen LogP contribution < -0.4 is 5.32 Å². The molecular formula is C19H27ClN4O2S. The maximum atomic E-state index is 10.4. The maximum absolute atomic E-state index is 10.4. The van der Waals surface area contributed by atoms with Crippen molar-refractivity contribution in [2.45, 2.75) is 32.6 Å². The summed E-state index contributed by atoms with van der Waals surface area (Å²) in [6.07, 6.45) is -0.768. The third-order valence-electron chi connectivity index (χ3n) is 4.04. The van der Waals surface area contributed by atoms with Crippen LogP contribution in [-0.2, 0) is 11.3 Å². The van der Waals surface area contributed by atoms with E-state index in [0.717, 1.165) is 17.2 Å². The molecule has 0 amide bonds. The number of thiazole rings is 1. The number of ether oxygens (including phenoxy) is 1. The smallest absolute Gasteiger partial charge is 0.194 e. The molecule has 6 nitrogen and oxygen atoms in total. The predicted molar refractivity (Wildman–Crippen MR) is 111 cm³/mol. The molecule has 148 valence electrons. The number of rotatable bonds is 8. The van der Waals surface area contributed by atoms with Gasteiger partial charge in [-0.05, 0) is 19.9 Å². The van der Waals surface area contributed by atoms with Crippen molar-refractivity contribution >= 4 is 28.9 Å². The van der Waals surface area contributed by atoms with Gasteiger partial charge in [0.1, 0.15) is 17.2 Å². The zero-order valence-corrected chi connectivity index (χ0v) is 17.7. The molecule has 2 atom stereocenters. The maximum Gasteiger partial charge on any atom is 0.194 e. The van der Waals surface area contributed by atoms with E-state index in [-0.39, 0.29) is 12.6 Å². The van der Waals surface area contributed by atoms with Crippen molar-refractivity contribution < 1.29 is 9.84 Å². The summed E-state index contributed by atoms with van der Waals surface area (Å²) in [7, 11) is 3.63. The van der Waals surface area contributed by atoms with Gasteiger partial charge in [0.25, 0.3) is 0 Å². The molecule has 2 aromatic rings. The Balaban J connectivity index is 2.05. The Labute approximate surface area is 169 Å². The fraction of sp³-hybridized carbons (Fsp3) is 0.474. The zero-order chi connectivity index (χ0) is 19.8. The zero-order valence-electron chi connectivity index (χ0n) is 16.1. The number of nitrogens with zero attached hydrogens (tertiary/aromatic N) is 3. The first-order valence-electron chi connectivity index (χ1n) is 8.85. The topological polar surface area (TPSA) is 70.0 Å². The van der Waals surface area contributed by atoms with Crippen molar-refractivity contribution in [2.24, 2.45) is 4.99 Å². The Morgan fingerprint density at radius 2 is 2.19 bits per heavy atom. The highest BCUT2D eigenvalue weighted by molar-refractivity contribution is 7.09. The van der Waals surface area contributed by atoms with Gasteiger partial charge in [0, 0.05) is 36.7 Å². The molecule has 2 rings (SSSR count). The van der Waals surface area contributed by atoms with Crippen LogP contribution in [-0.4, -0.2) is 48.2 Å². The second-order valence-electron chi connectivity index (χ2n) is 6.14. The van der Waals surface area contributed by atoms with Crippen molar-refractivity contribution in [1.29, 1.82) is 0 Å². The van der Waals surface area contributed by atoms with E-state index in [4.69, 9.17) is 16.3 Å². The molecule has 27 heavy (non-hydrogen) atoms. The lowest BCUT2D eigenvalue weighted by atomic mass is 10.1. The Morgan fingerprint density at radius 3 is 2.85 bits per heavy atom. The van der Waals surface area contributed by atoms with Crippen molar-refractivity contribution in [1.82, 2.24) is 15.2 Å². The van der Waals surface area contributed by atoms with Crippen LogP contribution in [0.1, 0.15) is 42.3 Å². The quantitative estimate of drug-likeness (QED) is 0.513. The van der Waals surface area contributed by atoms with E-state index < -0.39 is 6.10 Å². The number of hydrogen-bond acceptors (Lipinski definition) is 5. The third kappa shape index (κ3) is 6.17. The van der Waals surface area contributed by atoms with Gasteiger partial charge in [0.05, 0.1) is 18.8 Å². The SMILES string of the molecule is CCNC(=NCC(O)c1ccccc1Cl)N(C)Cc1csc(C(C)OC)n1. The largest absolute Gasteiger partial charge is 0.386 e. The van der Waals surface area contributed by atoms with E-state index in [1.54, 1.807) is 24.5 Å². The van der Waals surface area contributed by atoms with Crippen molar-refractivity contribution in [3.8, 4) is 0 Å². The van der Waals surface area contributed by atoms with Crippen LogP contribution in [0, 0.1) is 0 Å². The highest BCUT2D eigenvalue weighted by atomic mass is 35.5. The average Bonchev–Trinajstić information content (AvgIpc) is 3.13. The summed E-state index contributed by atoms with van der Waals surface area (Å²) < 4.78 is 5.32. The van der Waals surface area contributed by atoms with E-state index >= 15 is 0 Å². The molecule has 0 fully saturated rings. The normalized spacial score (nSPS) is 14.1. The average molecular weight is 411 g/mol. The highest BCUT2D eigenvalue weighted by Gasteiger charge is 2.14. The first-order chi connectivity index (χ1) is 13.0. The summed E-state index contributed by atoms with van der Waals surface area (Å²) >= 11 is 7.74. The number of aromatic nitrogens is 1. The Bertz CT molecular complexity index is 753. The van der Waals surface area contributed by atoms with Gasteiger partial charge in [-0.1, -0.05) is 29.8 Å². The molecule has 0 saturated carbocycles. The van der Waals surface area contributed by atoms with Gasteiger partial charge >= 0.3 is 0 Å². The molecule has 2 unspecified atom stereocenters. The lowest BCUT2D eigenvalue weighted by Gasteiger charge is -2.22. The number of aliphatic hydroxyl groups excluding tert-OH is 1. The van der Waals surface area contributed by atoms with E-state index in [0.29, 0.717) is 23.1 Å². The Kier molecular flexibility index (Phi) is 8.50. The third-order valence-corrected chi connectivity index (χ3v) is 5.44. The summed E-state index contributed by atoms with van der Waals surface area (Å²) in [4.78, 5) is 11.2. The van der Waals surface area contributed by atoms with Crippen LogP contribution in [0.25, 0.3) is 0 Å². The summed E-state index contributed by atoms with van der Waals surface area (Å²) in [5.41, 5.74) is 1.64. The van der Waals surface area contributed by atoms with Gasteiger partial charge in [0.15, 0.2) is 5.96 Å². The van der Waals surface area contributed by atoms with Crippen molar-refractivity contribution in [2.75, 3.05) is 27.2 Å². The van der Waals surface area contributed by atoms with E-state index in [2.05, 4.69) is 15.3 Å². The fourth-order valence-electron chi connectivity index (χ4n) is 2.49. The minimum Gasteiger partial charge on any atom is -0.386 e. The van der Waals surface area contributed by atoms with Gasteiger partial charge in [-0.2, -0.15) is 0 Å². The lowest BCUT2D eigenvalue weighted by molar-refractivity contribution is 0.119. The number of halogens is 1. The molecule has 0 radical (unpaired) electrons. The molecule has 0 aliphatic rings.